The van der Waals surface area contributed by atoms with E-state index in [2.05, 4.69) is 20.0 Å². The van der Waals surface area contributed by atoms with Gasteiger partial charge in [0.2, 0.25) is 0 Å². The molecule has 2 aromatic carbocycles. The lowest BCUT2D eigenvalue weighted by molar-refractivity contribution is 0.463. The largest absolute Gasteiger partial charge is 0.494 e. The van der Waals surface area contributed by atoms with Crippen molar-refractivity contribution in [3.8, 4) is 5.88 Å². The van der Waals surface area contributed by atoms with Crippen LogP contribution in [0.1, 0.15) is 0 Å². The number of aromatic nitrogens is 1. The number of hydrogen-bond acceptors (Lipinski definition) is 2. The summed E-state index contributed by atoms with van der Waals surface area (Å²) < 4.78 is 0. The van der Waals surface area contributed by atoms with Crippen molar-refractivity contribution in [2.24, 2.45) is 15.0 Å². The topological polar surface area (TPSA) is 73.1 Å². The summed E-state index contributed by atoms with van der Waals surface area (Å²) in [6, 6.07) is 7.36. The number of aromatic hydroxyl groups is 1. The number of rotatable bonds is 1. The number of para-hydroxylation sites is 2. The van der Waals surface area contributed by atoms with Crippen molar-refractivity contribution in [2.45, 2.75) is 0 Å². The molecule has 9 heteroatoms. The van der Waals surface area contributed by atoms with E-state index in [0.717, 1.165) is 0 Å². The summed E-state index contributed by atoms with van der Waals surface area (Å²) in [6.45, 7) is 0. The molecule has 2 heterocycles. The first-order chi connectivity index (χ1) is 11.5. The van der Waals surface area contributed by atoms with Gasteiger partial charge in [0.25, 0.3) is 5.96 Å². The molecule has 0 saturated carbocycles. The molecule has 0 aliphatic carbocycles. The molecule has 1 aromatic heterocycles. The highest BCUT2D eigenvalue weighted by molar-refractivity contribution is 6.56. The number of fused-ring (bicyclic) bond motifs is 2. The molecule has 0 atom stereocenters. The van der Waals surface area contributed by atoms with Crippen LogP contribution in [0.25, 0.3) is 10.8 Å². The Hall–Kier alpha value is -1.79. The maximum absolute atomic E-state index is 10.1. The average Bonchev–Trinajstić information content (AvgIpc) is 3.11. The first-order valence-corrected chi connectivity index (χ1v) is 8.16. The monoisotopic (exact) mass is 398 g/mol. The van der Waals surface area contributed by atoms with Crippen molar-refractivity contribution in [3.63, 3.8) is 0 Å². The number of H-pyrrole nitrogens is 1. The van der Waals surface area contributed by atoms with Crippen LogP contribution < -0.4 is 10.7 Å². The minimum Gasteiger partial charge on any atom is -0.494 e. The number of hydrogen-bond donors (Lipinski definition) is 2. The third-order valence-corrected chi connectivity index (χ3v) is 5.31. The van der Waals surface area contributed by atoms with Crippen LogP contribution in [0.5, 0.6) is 5.88 Å². The molecule has 0 saturated heterocycles. The van der Waals surface area contributed by atoms with Gasteiger partial charge in [0.05, 0.1) is 41.6 Å². The molecule has 1 aliphatic rings. The van der Waals surface area contributed by atoms with Gasteiger partial charge in [-0.15, -0.1) is 0 Å². The molecule has 0 fully saturated rings. The predicted molar refractivity (Wildman–Crippen MR) is 95.9 cm³/mol. The van der Waals surface area contributed by atoms with Crippen LogP contribution in [0.3, 0.4) is 0 Å². The molecule has 0 radical (unpaired) electrons. The van der Waals surface area contributed by atoms with Crippen molar-refractivity contribution in [1.29, 1.82) is 0 Å². The summed E-state index contributed by atoms with van der Waals surface area (Å²) in [7, 11) is 0. The second-order valence-electron chi connectivity index (χ2n) is 4.95. The van der Waals surface area contributed by atoms with Crippen LogP contribution in [0, 0.1) is 0 Å². The fourth-order valence-electron chi connectivity index (χ4n) is 2.44. The highest BCUT2D eigenvalue weighted by atomic mass is 35.5. The standard InChI is InChI=1S/C15H6Cl4N4O/c16-9-7-8(10(17)12(19)11(9)18)14(24)22-13(7)23-15-20-5-3-1-2-4-6(5)21-15/h1-4,22,24H. The minimum atomic E-state index is -0.217. The second-order valence-corrected chi connectivity index (χ2v) is 6.46. The van der Waals surface area contributed by atoms with Crippen molar-refractivity contribution in [2.75, 3.05) is 0 Å². The van der Waals surface area contributed by atoms with E-state index in [0.29, 0.717) is 16.1 Å². The third kappa shape index (κ3) is 2.28. The van der Waals surface area contributed by atoms with Crippen molar-refractivity contribution in [3.05, 3.63) is 55.1 Å². The maximum atomic E-state index is 10.1. The van der Waals surface area contributed by atoms with Gasteiger partial charge < -0.3 is 10.1 Å². The highest BCUT2D eigenvalue weighted by Gasteiger charge is 2.23. The summed E-state index contributed by atoms with van der Waals surface area (Å²) in [5.74, 6) is 0.242. The number of aromatic amines is 1. The third-order valence-electron chi connectivity index (χ3n) is 3.51. The van der Waals surface area contributed by atoms with E-state index in [1.807, 2.05) is 24.3 Å². The van der Waals surface area contributed by atoms with E-state index >= 15 is 0 Å². The Kier molecular flexibility index (Phi) is 3.69. The Morgan fingerprint density at radius 2 is 1.38 bits per heavy atom. The van der Waals surface area contributed by atoms with E-state index in [1.165, 1.54) is 0 Å². The van der Waals surface area contributed by atoms with Crippen molar-refractivity contribution in [1.82, 2.24) is 4.98 Å². The molecular weight excluding hydrogens is 394 g/mol. The van der Waals surface area contributed by atoms with Crippen molar-refractivity contribution < 1.29 is 5.11 Å². The Bertz CT molecular complexity index is 1130. The summed E-state index contributed by atoms with van der Waals surface area (Å²) in [5.41, 5.74) is 0. The first kappa shape index (κ1) is 15.7. The van der Waals surface area contributed by atoms with Crippen LogP contribution in [0.2, 0.25) is 20.1 Å². The lowest BCUT2D eigenvalue weighted by Gasteiger charge is -2.05. The number of halogens is 4. The van der Waals surface area contributed by atoms with Crippen LogP contribution >= 0.6 is 46.4 Å². The highest BCUT2D eigenvalue weighted by Crippen LogP contribution is 2.49. The number of benzene rings is 2. The molecule has 24 heavy (non-hydrogen) atoms. The van der Waals surface area contributed by atoms with Crippen LogP contribution in [0.15, 0.2) is 39.2 Å². The minimum absolute atomic E-state index is 0.0620. The SMILES string of the molecule is Oc1[nH]c(N=C2N=c3ccccc3=N2)c2c(Cl)c(Cl)c(Cl)c(Cl)c12. The molecule has 0 amide bonds. The fraction of sp³-hybridized carbons (Fsp3) is 0. The summed E-state index contributed by atoms with van der Waals surface area (Å²) >= 11 is 24.5. The normalized spacial score (nSPS) is 12.9. The fourth-order valence-corrected chi connectivity index (χ4v) is 3.47. The maximum Gasteiger partial charge on any atom is 0.252 e. The number of guanidine groups is 1. The van der Waals surface area contributed by atoms with Crippen molar-refractivity contribution >= 4 is 69.0 Å². The Labute approximate surface area is 154 Å². The molecule has 0 spiro atoms. The van der Waals surface area contributed by atoms with E-state index in [1.54, 1.807) is 0 Å². The lowest BCUT2D eigenvalue weighted by atomic mass is 10.2. The van der Waals surface area contributed by atoms with Crippen LogP contribution in [-0.4, -0.2) is 16.1 Å². The van der Waals surface area contributed by atoms with Gasteiger partial charge in [0.15, 0.2) is 5.88 Å². The smallest absolute Gasteiger partial charge is 0.252 e. The summed E-state index contributed by atoms with van der Waals surface area (Å²) in [5, 5.41) is 12.5. The Balaban J connectivity index is 2.00. The van der Waals surface area contributed by atoms with Gasteiger partial charge in [0, 0.05) is 0 Å². The Morgan fingerprint density at radius 3 is 1.96 bits per heavy atom. The molecule has 120 valence electrons. The Morgan fingerprint density at radius 1 is 0.833 bits per heavy atom. The molecule has 2 N–H and O–H groups in total. The summed E-state index contributed by atoms with van der Waals surface area (Å²) in [4.78, 5) is 15.6. The van der Waals surface area contributed by atoms with Gasteiger partial charge in [-0.05, 0) is 12.1 Å². The zero-order valence-corrected chi connectivity index (χ0v) is 14.6. The average molecular weight is 400 g/mol. The predicted octanol–water partition coefficient (Wildman–Crippen LogP) is 4.43. The van der Waals surface area contributed by atoms with Gasteiger partial charge >= 0.3 is 0 Å². The van der Waals surface area contributed by atoms with Gasteiger partial charge in [-0.2, -0.15) is 4.99 Å². The molecular formula is C15H6Cl4N4O. The molecule has 0 unspecified atom stereocenters. The molecule has 1 aliphatic heterocycles. The van der Waals surface area contributed by atoms with Gasteiger partial charge in [-0.3, -0.25) is 0 Å². The van der Waals surface area contributed by atoms with E-state index in [-0.39, 0.29) is 43.1 Å². The van der Waals surface area contributed by atoms with Crippen LogP contribution in [-0.2, 0) is 0 Å². The van der Waals surface area contributed by atoms with E-state index < -0.39 is 0 Å². The summed E-state index contributed by atoms with van der Waals surface area (Å²) in [6.07, 6.45) is 0. The lowest BCUT2D eigenvalue weighted by Crippen LogP contribution is -2.19. The van der Waals surface area contributed by atoms with Gasteiger partial charge in [-0.1, -0.05) is 58.5 Å². The quantitative estimate of drug-likeness (QED) is 0.461. The first-order valence-electron chi connectivity index (χ1n) is 6.65. The molecule has 3 aromatic rings. The zero-order chi connectivity index (χ0) is 17.0. The molecule has 5 nitrogen and oxygen atoms in total. The zero-order valence-electron chi connectivity index (χ0n) is 11.6. The number of nitrogens with zero attached hydrogens (tertiary/aromatic N) is 3. The molecule has 0 bridgehead atoms. The number of nitrogens with one attached hydrogen (secondary N) is 1. The number of aliphatic imine (C=N–C) groups is 1. The molecule has 4 rings (SSSR count). The van der Waals surface area contributed by atoms with Gasteiger partial charge in [-0.25, -0.2) is 9.98 Å². The van der Waals surface area contributed by atoms with E-state index in [4.69, 9.17) is 46.4 Å². The van der Waals surface area contributed by atoms with Crippen LogP contribution in [0.4, 0.5) is 5.82 Å². The van der Waals surface area contributed by atoms with E-state index in [9.17, 15) is 5.11 Å². The van der Waals surface area contributed by atoms with Gasteiger partial charge in [0.1, 0.15) is 5.82 Å². The second kappa shape index (κ2) is 5.63.